The molecule has 4 aromatic rings. The number of sulfonamides is 1. The number of hydrogen-bond acceptors (Lipinski definition) is 4. The van der Waals surface area contributed by atoms with Crippen molar-refractivity contribution in [1.29, 1.82) is 0 Å². The molecule has 1 atom stereocenters. The number of rotatable bonds is 11. The van der Waals surface area contributed by atoms with E-state index in [0.29, 0.717) is 5.69 Å². The first kappa shape index (κ1) is 29.6. The van der Waals surface area contributed by atoms with E-state index in [4.69, 9.17) is 0 Å². The Kier molecular flexibility index (Phi) is 9.57. The number of nitrogens with zero attached hydrogens (tertiary/aromatic N) is 2. The van der Waals surface area contributed by atoms with Gasteiger partial charge in [0.1, 0.15) is 12.6 Å². The van der Waals surface area contributed by atoms with Crippen LogP contribution in [0.15, 0.2) is 114 Å². The van der Waals surface area contributed by atoms with Crippen molar-refractivity contribution in [2.24, 2.45) is 0 Å². The summed E-state index contributed by atoms with van der Waals surface area (Å²) in [6, 6.07) is 31.4. The molecule has 0 aliphatic rings. The Morgan fingerprint density at radius 3 is 1.98 bits per heavy atom. The van der Waals surface area contributed by atoms with Gasteiger partial charge in [-0.25, -0.2) is 8.42 Å². The Bertz CT molecular complexity index is 1570. The lowest BCUT2D eigenvalue weighted by atomic mass is 10.0. The monoisotopic (exact) mass is 569 g/mol. The second-order valence-corrected chi connectivity index (χ2v) is 11.9. The van der Waals surface area contributed by atoms with Crippen LogP contribution in [-0.4, -0.2) is 44.8 Å². The summed E-state index contributed by atoms with van der Waals surface area (Å²) >= 11 is 0. The zero-order valence-corrected chi connectivity index (χ0v) is 24.3. The van der Waals surface area contributed by atoms with E-state index in [-0.39, 0.29) is 23.8 Å². The topological polar surface area (TPSA) is 86.8 Å². The molecular weight excluding hydrogens is 534 g/mol. The third-order valence-electron chi connectivity index (χ3n) is 6.88. The van der Waals surface area contributed by atoms with Gasteiger partial charge in [0.25, 0.3) is 10.0 Å². The van der Waals surface area contributed by atoms with Gasteiger partial charge < -0.3 is 10.2 Å². The Balaban J connectivity index is 1.78. The fourth-order valence-electron chi connectivity index (χ4n) is 4.69. The lowest BCUT2D eigenvalue weighted by Gasteiger charge is -2.33. The number of benzene rings is 4. The van der Waals surface area contributed by atoms with E-state index in [2.05, 4.69) is 5.32 Å². The van der Waals surface area contributed by atoms with E-state index in [9.17, 15) is 18.0 Å². The van der Waals surface area contributed by atoms with E-state index >= 15 is 0 Å². The Hall–Kier alpha value is -4.43. The predicted molar refractivity (Wildman–Crippen MR) is 162 cm³/mol. The minimum atomic E-state index is -4.10. The van der Waals surface area contributed by atoms with Gasteiger partial charge in [0.15, 0.2) is 0 Å². The third kappa shape index (κ3) is 7.41. The number of aryl methyl sites for hydroxylation is 2. The molecular formula is C33H35N3O4S. The molecule has 2 amide bonds. The van der Waals surface area contributed by atoms with Crippen LogP contribution < -0.4 is 9.62 Å². The van der Waals surface area contributed by atoms with Crippen LogP contribution in [0.1, 0.15) is 22.3 Å². The van der Waals surface area contributed by atoms with Gasteiger partial charge in [-0.15, -0.1) is 0 Å². The molecule has 0 bridgehead atoms. The van der Waals surface area contributed by atoms with Crippen molar-refractivity contribution in [2.45, 2.75) is 37.8 Å². The molecule has 1 N–H and O–H groups in total. The van der Waals surface area contributed by atoms with Crippen molar-refractivity contribution in [3.63, 3.8) is 0 Å². The third-order valence-corrected chi connectivity index (χ3v) is 8.67. The molecule has 212 valence electrons. The van der Waals surface area contributed by atoms with Gasteiger partial charge in [0.2, 0.25) is 11.8 Å². The highest BCUT2D eigenvalue weighted by Crippen LogP contribution is 2.25. The molecule has 0 radical (unpaired) electrons. The van der Waals surface area contributed by atoms with Crippen LogP contribution in [0.25, 0.3) is 0 Å². The van der Waals surface area contributed by atoms with Gasteiger partial charge in [-0.2, -0.15) is 0 Å². The van der Waals surface area contributed by atoms with Crippen LogP contribution in [0.4, 0.5) is 5.69 Å². The highest BCUT2D eigenvalue weighted by molar-refractivity contribution is 7.92. The van der Waals surface area contributed by atoms with Gasteiger partial charge in [0.05, 0.1) is 10.6 Å². The summed E-state index contributed by atoms with van der Waals surface area (Å²) < 4.78 is 28.9. The average Bonchev–Trinajstić information content (AvgIpc) is 2.98. The number of likely N-dealkylation sites (N-methyl/N-ethyl adjacent to an activating group) is 1. The molecule has 0 heterocycles. The number of nitrogens with one attached hydrogen (secondary N) is 1. The maximum atomic E-state index is 14.3. The van der Waals surface area contributed by atoms with Crippen LogP contribution in [0, 0.1) is 13.8 Å². The van der Waals surface area contributed by atoms with Crippen molar-refractivity contribution in [3.05, 3.63) is 131 Å². The molecule has 4 aromatic carbocycles. The van der Waals surface area contributed by atoms with Gasteiger partial charge >= 0.3 is 0 Å². The standard InChI is InChI=1S/C33H35N3O4S/c1-25-17-19-29(20-18-25)36(41(39,40)30-15-8-5-9-16-30)24-32(37)35(23-28-14-10-11-26(2)21-28)31(33(38)34-3)22-27-12-6-4-7-13-27/h4-21,31H,22-24H2,1-3H3,(H,34,38)/t31-/m0/s1. The second-order valence-electron chi connectivity index (χ2n) is 9.99. The smallest absolute Gasteiger partial charge is 0.264 e. The average molecular weight is 570 g/mol. The van der Waals surface area contributed by atoms with Crippen LogP contribution in [0.2, 0.25) is 0 Å². The van der Waals surface area contributed by atoms with E-state index in [1.165, 1.54) is 24.1 Å². The zero-order chi connectivity index (χ0) is 29.4. The molecule has 0 aromatic heterocycles. The summed E-state index contributed by atoms with van der Waals surface area (Å²) in [6.07, 6.45) is 0.272. The maximum absolute atomic E-state index is 14.3. The maximum Gasteiger partial charge on any atom is 0.264 e. The highest BCUT2D eigenvalue weighted by atomic mass is 32.2. The molecule has 0 aliphatic heterocycles. The van der Waals surface area contributed by atoms with E-state index in [0.717, 1.165) is 26.6 Å². The number of carbonyl (C=O) groups excluding carboxylic acids is 2. The van der Waals surface area contributed by atoms with Crippen molar-refractivity contribution in [3.8, 4) is 0 Å². The summed E-state index contributed by atoms with van der Waals surface area (Å²) in [5, 5.41) is 2.70. The van der Waals surface area contributed by atoms with Gasteiger partial charge in [-0.1, -0.05) is 96.1 Å². The summed E-state index contributed by atoms with van der Waals surface area (Å²) in [7, 11) is -2.56. The Morgan fingerprint density at radius 1 is 0.756 bits per heavy atom. The predicted octanol–water partition coefficient (Wildman–Crippen LogP) is 4.88. The molecule has 41 heavy (non-hydrogen) atoms. The van der Waals surface area contributed by atoms with Gasteiger partial charge in [-0.3, -0.25) is 13.9 Å². The fourth-order valence-corrected chi connectivity index (χ4v) is 6.12. The normalized spacial score (nSPS) is 11.9. The largest absolute Gasteiger partial charge is 0.357 e. The molecule has 4 rings (SSSR count). The van der Waals surface area contributed by atoms with Gasteiger partial charge in [0, 0.05) is 20.0 Å². The number of amides is 2. The molecule has 0 unspecified atom stereocenters. The van der Waals surface area contributed by atoms with E-state index < -0.39 is 28.5 Å². The van der Waals surface area contributed by atoms with E-state index in [1.54, 1.807) is 42.5 Å². The van der Waals surface area contributed by atoms with Crippen molar-refractivity contribution < 1.29 is 18.0 Å². The summed E-state index contributed by atoms with van der Waals surface area (Å²) in [6.45, 7) is 3.53. The summed E-state index contributed by atoms with van der Waals surface area (Å²) in [5.74, 6) is -0.821. The SMILES string of the molecule is CNC(=O)[C@H](Cc1ccccc1)N(Cc1cccc(C)c1)C(=O)CN(c1ccc(C)cc1)S(=O)(=O)c1ccccc1. The van der Waals surface area contributed by atoms with Crippen molar-refractivity contribution >= 4 is 27.5 Å². The quantitative estimate of drug-likeness (QED) is 0.279. The van der Waals surface area contributed by atoms with Crippen LogP contribution in [0.3, 0.4) is 0 Å². The molecule has 0 fully saturated rings. The highest BCUT2D eigenvalue weighted by Gasteiger charge is 2.34. The Morgan fingerprint density at radius 2 is 1.37 bits per heavy atom. The van der Waals surface area contributed by atoms with Crippen molar-refractivity contribution in [1.82, 2.24) is 10.2 Å². The van der Waals surface area contributed by atoms with Crippen LogP contribution in [-0.2, 0) is 32.6 Å². The minimum absolute atomic E-state index is 0.0748. The van der Waals surface area contributed by atoms with Crippen molar-refractivity contribution in [2.75, 3.05) is 17.9 Å². The summed E-state index contributed by atoms with van der Waals surface area (Å²) in [5.41, 5.74) is 4.06. The number of hydrogen-bond donors (Lipinski definition) is 1. The number of carbonyl (C=O) groups is 2. The van der Waals surface area contributed by atoms with Crippen LogP contribution in [0.5, 0.6) is 0 Å². The molecule has 0 aliphatic carbocycles. The molecule has 0 spiro atoms. The molecule has 0 saturated carbocycles. The lowest BCUT2D eigenvalue weighted by molar-refractivity contribution is -0.139. The fraction of sp³-hybridized carbons (Fsp3) is 0.212. The molecule has 8 heteroatoms. The number of anilines is 1. The van der Waals surface area contributed by atoms with Gasteiger partial charge in [-0.05, 0) is 49.2 Å². The first-order valence-electron chi connectivity index (χ1n) is 13.4. The first-order chi connectivity index (χ1) is 19.7. The minimum Gasteiger partial charge on any atom is -0.357 e. The lowest BCUT2D eigenvalue weighted by Crippen LogP contribution is -2.53. The molecule has 0 saturated heterocycles. The van der Waals surface area contributed by atoms with E-state index in [1.807, 2.05) is 68.4 Å². The van der Waals surface area contributed by atoms with Crippen LogP contribution >= 0.6 is 0 Å². The first-order valence-corrected chi connectivity index (χ1v) is 14.9. The zero-order valence-electron chi connectivity index (χ0n) is 23.5. The Labute approximate surface area is 242 Å². The molecule has 7 nitrogen and oxygen atoms in total. The second kappa shape index (κ2) is 13.3. The summed E-state index contributed by atoms with van der Waals surface area (Å²) in [4.78, 5) is 29.1.